The molecule has 0 bridgehead atoms. The third-order valence-corrected chi connectivity index (χ3v) is 4.48. The summed E-state index contributed by atoms with van der Waals surface area (Å²) in [6.45, 7) is 10.4. The molecule has 0 aromatic carbocycles. The lowest BCUT2D eigenvalue weighted by Gasteiger charge is -2.35. The van der Waals surface area contributed by atoms with Gasteiger partial charge in [-0.15, -0.1) is 0 Å². The molecule has 2 fully saturated rings. The molecule has 2 aliphatic rings. The summed E-state index contributed by atoms with van der Waals surface area (Å²) in [6, 6.07) is 0.0335. The molecule has 2 aliphatic heterocycles. The van der Waals surface area contributed by atoms with Crippen LogP contribution < -0.4 is 5.32 Å². The predicted molar refractivity (Wildman–Crippen MR) is 86.7 cm³/mol. The van der Waals surface area contributed by atoms with Crippen LogP contribution in [0.2, 0.25) is 0 Å². The van der Waals surface area contributed by atoms with Crippen LogP contribution in [-0.2, 0) is 4.79 Å². The Kier molecular flexibility index (Phi) is 6.49. The highest BCUT2D eigenvalue weighted by atomic mass is 16.2. The van der Waals surface area contributed by atoms with Gasteiger partial charge in [0.25, 0.3) is 0 Å². The zero-order valence-electron chi connectivity index (χ0n) is 14.0. The molecule has 0 saturated carbocycles. The second-order valence-corrected chi connectivity index (χ2v) is 6.77. The Balaban J connectivity index is 1.64. The maximum atomic E-state index is 12.1. The van der Waals surface area contributed by atoms with Crippen molar-refractivity contribution in [3.8, 4) is 0 Å². The summed E-state index contributed by atoms with van der Waals surface area (Å²) in [5, 5.41) is 2.98. The van der Waals surface area contributed by atoms with E-state index in [-0.39, 0.29) is 11.9 Å². The second-order valence-electron chi connectivity index (χ2n) is 6.77. The van der Waals surface area contributed by atoms with Crippen LogP contribution in [0.4, 0.5) is 4.79 Å². The molecule has 2 saturated heterocycles. The van der Waals surface area contributed by atoms with Crippen molar-refractivity contribution in [1.29, 1.82) is 0 Å². The van der Waals surface area contributed by atoms with Gasteiger partial charge in [-0.2, -0.15) is 0 Å². The highest BCUT2D eigenvalue weighted by Crippen LogP contribution is 2.09. The average molecular weight is 310 g/mol. The summed E-state index contributed by atoms with van der Waals surface area (Å²) in [5.41, 5.74) is 0. The maximum absolute atomic E-state index is 12.1. The number of rotatable bonds is 5. The van der Waals surface area contributed by atoms with E-state index >= 15 is 0 Å². The number of hydrogen-bond acceptors (Lipinski definition) is 3. The molecule has 1 N–H and O–H groups in total. The molecule has 0 unspecified atom stereocenters. The van der Waals surface area contributed by atoms with Crippen molar-refractivity contribution in [3.05, 3.63) is 0 Å². The summed E-state index contributed by atoms with van der Waals surface area (Å²) < 4.78 is 0. The summed E-state index contributed by atoms with van der Waals surface area (Å²) >= 11 is 0. The number of likely N-dealkylation sites (tertiary alicyclic amines) is 1. The lowest BCUT2D eigenvalue weighted by molar-refractivity contribution is -0.131. The molecule has 2 heterocycles. The number of hydrogen-bond donors (Lipinski definition) is 1. The third kappa shape index (κ3) is 5.16. The molecule has 2 rings (SSSR count). The van der Waals surface area contributed by atoms with Gasteiger partial charge in [-0.1, -0.05) is 13.8 Å². The van der Waals surface area contributed by atoms with Crippen LogP contribution in [0.3, 0.4) is 0 Å². The highest BCUT2D eigenvalue weighted by molar-refractivity contribution is 5.78. The zero-order valence-corrected chi connectivity index (χ0v) is 14.0. The van der Waals surface area contributed by atoms with E-state index in [1.165, 1.54) is 0 Å². The summed E-state index contributed by atoms with van der Waals surface area (Å²) in [6.07, 6.45) is 3.28. The van der Waals surface area contributed by atoms with Crippen molar-refractivity contribution in [1.82, 2.24) is 20.0 Å². The number of piperazine rings is 1. The van der Waals surface area contributed by atoms with Gasteiger partial charge in [-0.25, -0.2) is 4.79 Å². The van der Waals surface area contributed by atoms with E-state index in [0.29, 0.717) is 25.6 Å². The van der Waals surface area contributed by atoms with Crippen molar-refractivity contribution in [3.63, 3.8) is 0 Å². The molecule has 22 heavy (non-hydrogen) atoms. The molecule has 6 nitrogen and oxygen atoms in total. The molecule has 0 radical (unpaired) electrons. The van der Waals surface area contributed by atoms with E-state index in [4.69, 9.17) is 0 Å². The first-order valence-corrected chi connectivity index (χ1v) is 8.59. The minimum atomic E-state index is 0.0335. The monoisotopic (exact) mass is 310 g/mol. The largest absolute Gasteiger partial charge is 0.342 e. The van der Waals surface area contributed by atoms with Gasteiger partial charge in [-0.3, -0.25) is 9.69 Å². The van der Waals surface area contributed by atoms with Crippen molar-refractivity contribution in [2.75, 3.05) is 52.4 Å². The number of carbonyl (C=O) groups excluding carboxylic acids is 2. The topological polar surface area (TPSA) is 55.9 Å². The van der Waals surface area contributed by atoms with Crippen LogP contribution >= 0.6 is 0 Å². The fourth-order valence-corrected chi connectivity index (χ4v) is 2.95. The fourth-order valence-electron chi connectivity index (χ4n) is 2.95. The second kappa shape index (κ2) is 8.36. The Hall–Kier alpha value is -1.30. The van der Waals surface area contributed by atoms with Crippen molar-refractivity contribution < 1.29 is 9.59 Å². The molecule has 0 aromatic heterocycles. The molecular weight excluding hydrogens is 280 g/mol. The smallest absolute Gasteiger partial charge is 0.317 e. The Morgan fingerprint density at radius 3 is 2.18 bits per heavy atom. The number of nitrogens with zero attached hydrogens (tertiary/aromatic N) is 3. The molecular formula is C16H30N4O2. The number of nitrogens with one attached hydrogen (secondary N) is 1. The lowest BCUT2D eigenvalue weighted by Crippen LogP contribution is -2.53. The average Bonchev–Trinajstić information content (AvgIpc) is 3.02. The van der Waals surface area contributed by atoms with Gasteiger partial charge in [0.2, 0.25) is 5.91 Å². The van der Waals surface area contributed by atoms with E-state index in [0.717, 1.165) is 52.0 Å². The van der Waals surface area contributed by atoms with E-state index in [1.807, 2.05) is 9.80 Å². The lowest BCUT2D eigenvalue weighted by atomic mass is 10.1. The first-order valence-electron chi connectivity index (χ1n) is 8.59. The summed E-state index contributed by atoms with van der Waals surface area (Å²) in [7, 11) is 0. The first-order chi connectivity index (χ1) is 10.6. The molecule has 0 aromatic rings. The molecule has 0 atom stereocenters. The molecule has 6 heteroatoms. The quantitative estimate of drug-likeness (QED) is 0.824. The van der Waals surface area contributed by atoms with Gasteiger partial charge in [0.15, 0.2) is 0 Å². The van der Waals surface area contributed by atoms with Crippen LogP contribution in [0, 0.1) is 5.92 Å². The van der Waals surface area contributed by atoms with Gasteiger partial charge in [0.1, 0.15) is 0 Å². The molecule has 0 spiro atoms. The molecule has 0 aliphatic carbocycles. The van der Waals surface area contributed by atoms with Gasteiger partial charge < -0.3 is 15.1 Å². The van der Waals surface area contributed by atoms with Crippen molar-refractivity contribution in [2.45, 2.75) is 33.1 Å². The SMILES string of the molecule is CC(C)CCNC(=O)N1CCN(CC(=O)N2CCCC2)CC1. The minimum absolute atomic E-state index is 0.0335. The Bertz CT molecular complexity index is 372. The molecule has 126 valence electrons. The summed E-state index contributed by atoms with van der Waals surface area (Å²) in [4.78, 5) is 30.2. The summed E-state index contributed by atoms with van der Waals surface area (Å²) in [5.74, 6) is 0.848. The fraction of sp³-hybridized carbons (Fsp3) is 0.875. The zero-order chi connectivity index (χ0) is 15.9. The highest BCUT2D eigenvalue weighted by Gasteiger charge is 2.25. The Labute approximate surface area is 133 Å². The van der Waals surface area contributed by atoms with E-state index in [1.54, 1.807) is 0 Å². The van der Waals surface area contributed by atoms with Crippen molar-refractivity contribution in [2.24, 2.45) is 5.92 Å². The van der Waals surface area contributed by atoms with E-state index in [2.05, 4.69) is 24.1 Å². The van der Waals surface area contributed by atoms with Crippen LogP contribution in [-0.4, -0.2) is 79.0 Å². The standard InChI is InChI=1S/C16H30N4O2/c1-14(2)5-6-17-16(22)20-11-9-18(10-12-20)13-15(21)19-7-3-4-8-19/h14H,3-13H2,1-2H3,(H,17,22). The van der Waals surface area contributed by atoms with Gasteiger partial charge >= 0.3 is 6.03 Å². The Morgan fingerprint density at radius 1 is 0.955 bits per heavy atom. The minimum Gasteiger partial charge on any atom is -0.342 e. The third-order valence-electron chi connectivity index (χ3n) is 4.48. The van der Waals surface area contributed by atoms with Crippen LogP contribution in [0.5, 0.6) is 0 Å². The number of carbonyl (C=O) groups is 2. The van der Waals surface area contributed by atoms with E-state index < -0.39 is 0 Å². The van der Waals surface area contributed by atoms with Crippen LogP contribution in [0.1, 0.15) is 33.1 Å². The maximum Gasteiger partial charge on any atom is 0.317 e. The van der Waals surface area contributed by atoms with Gasteiger partial charge in [0.05, 0.1) is 6.54 Å². The van der Waals surface area contributed by atoms with Crippen LogP contribution in [0.15, 0.2) is 0 Å². The predicted octanol–water partition coefficient (Wildman–Crippen LogP) is 0.982. The normalized spacial score (nSPS) is 19.8. The van der Waals surface area contributed by atoms with Crippen LogP contribution in [0.25, 0.3) is 0 Å². The Morgan fingerprint density at radius 2 is 1.59 bits per heavy atom. The van der Waals surface area contributed by atoms with Crippen molar-refractivity contribution >= 4 is 11.9 Å². The number of amides is 3. The van der Waals surface area contributed by atoms with Gasteiger partial charge in [0, 0.05) is 45.8 Å². The first kappa shape index (κ1) is 17.1. The van der Waals surface area contributed by atoms with E-state index in [9.17, 15) is 9.59 Å². The number of urea groups is 1. The molecule has 3 amide bonds. The van der Waals surface area contributed by atoms with Gasteiger partial charge in [-0.05, 0) is 25.2 Å².